The number of hydrogen-bond acceptors (Lipinski definition) is 5. The Morgan fingerprint density at radius 1 is 1.24 bits per heavy atom. The molecule has 0 aliphatic heterocycles. The van der Waals surface area contributed by atoms with E-state index in [0.717, 1.165) is 0 Å². The number of hydrogen-bond donors (Lipinski definition) is 2. The minimum absolute atomic E-state index is 0. The molecule has 1 rings (SSSR count). The van der Waals surface area contributed by atoms with Crippen molar-refractivity contribution >= 4 is 24.2 Å². The van der Waals surface area contributed by atoms with Crippen molar-refractivity contribution in [3.05, 3.63) is 23.8 Å². The number of benzene rings is 1. The van der Waals surface area contributed by atoms with E-state index in [1.54, 1.807) is 30.1 Å². The van der Waals surface area contributed by atoms with Crippen molar-refractivity contribution in [3.63, 3.8) is 0 Å². The lowest BCUT2D eigenvalue weighted by Gasteiger charge is -2.18. The van der Waals surface area contributed by atoms with Crippen LogP contribution in [0.2, 0.25) is 0 Å². The zero-order valence-electron chi connectivity index (χ0n) is 15.4. The molecule has 0 heterocycles. The summed E-state index contributed by atoms with van der Waals surface area (Å²) >= 11 is 0. The first-order chi connectivity index (χ1) is 11.4. The van der Waals surface area contributed by atoms with Crippen LogP contribution in [0.3, 0.4) is 0 Å². The third-order valence-corrected chi connectivity index (χ3v) is 3.26. The van der Waals surface area contributed by atoms with Crippen LogP contribution in [0.25, 0.3) is 0 Å². The van der Waals surface area contributed by atoms with Gasteiger partial charge in [0.2, 0.25) is 0 Å². The van der Waals surface area contributed by atoms with E-state index in [1.165, 1.54) is 7.11 Å². The zero-order valence-corrected chi connectivity index (χ0v) is 16.2. The SMILES string of the molecule is CNCCN(C)C(=O)c1ccc(OCC(=O)NC(C)C)c(OC)c1.Cl. The van der Waals surface area contributed by atoms with Crippen LogP contribution >= 0.6 is 12.4 Å². The number of amides is 2. The fourth-order valence-electron chi connectivity index (χ4n) is 2.03. The maximum absolute atomic E-state index is 12.4. The number of likely N-dealkylation sites (N-methyl/N-ethyl adjacent to an activating group) is 2. The van der Waals surface area contributed by atoms with Gasteiger partial charge in [0.1, 0.15) is 0 Å². The van der Waals surface area contributed by atoms with E-state index in [0.29, 0.717) is 30.2 Å². The lowest BCUT2D eigenvalue weighted by molar-refractivity contribution is -0.123. The summed E-state index contributed by atoms with van der Waals surface area (Å²) in [7, 11) is 5.07. The standard InChI is InChI=1S/C17H27N3O4.ClH/c1-12(2)19-16(21)11-24-14-7-6-13(10-15(14)23-5)17(22)20(4)9-8-18-3;/h6-7,10,12,18H,8-9,11H2,1-5H3,(H,19,21);1H. The van der Waals surface area contributed by atoms with E-state index in [9.17, 15) is 9.59 Å². The number of rotatable bonds is 9. The topological polar surface area (TPSA) is 79.9 Å². The molecular formula is C17H28ClN3O4. The van der Waals surface area contributed by atoms with Crippen molar-refractivity contribution in [1.82, 2.24) is 15.5 Å². The molecule has 2 N–H and O–H groups in total. The maximum atomic E-state index is 12.4. The van der Waals surface area contributed by atoms with Crippen LogP contribution in [0.1, 0.15) is 24.2 Å². The molecular weight excluding hydrogens is 346 g/mol. The third-order valence-electron chi connectivity index (χ3n) is 3.26. The summed E-state index contributed by atoms with van der Waals surface area (Å²) in [4.78, 5) is 25.6. The number of ether oxygens (including phenoxy) is 2. The monoisotopic (exact) mass is 373 g/mol. The maximum Gasteiger partial charge on any atom is 0.258 e. The number of nitrogens with zero attached hydrogens (tertiary/aromatic N) is 1. The third kappa shape index (κ3) is 7.62. The van der Waals surface area contributed by atoms with Gasteiger partial charge in [-0.3, -0.25) is 9.59 Å². The Morgan fingerprint density at radius 2 is 1.92 bits per heavy atom. The number of carbonyl (C=O) groups is 2. The Morgan fingerprint density at radius 3 is 2.48 bits per heavy atom. The summed E-state index contributed by atoms with van der Waals surface area (Å²) in [6.07, 6.45) is 0. The van der Waals surface area contributed by atoms with Crippen molar-refractivity contribution in [1.29, 1.82) is 0 Å². The highest BCUT2D eigenvalue weighted by molar-refractivity contribution is 5.94. The number of methoxy groups -OCH3 is 1. The Labute approximate surface area is 155 Å². The van der Waals surface area contributed by atoms with Gasteiger partial charge in [-0.05, 0) is 39.1 Å². The van der Waals surface area contributed by atoms with E-state index in [1.807, 2.05) is 20.9 Å². The molecule has 0 aliphatic rings. The summed E-state index contributed by atoms with van der Waals surface area (Å²) < 4.78 is 10.7. The van der Waals surface area contributed by atoms with E-state index in [4.69, 9.17) is 9.47 Å². The fraction of sp³-hybridized carbons (Fsp3) is 0.529. The summed E-state index contributed by atoms with van der Waals surface area (Å²) in [5.41, 5.74) is 0.504. The van der Waals surface area contributed by atoms with Crippen LogP contribution in [0.4, 0.5) is 0 Å². The summed E-state index contributed by atoms with van der Waals surface area (Å²) in [6.45, 7) is 4.97. The van der Waals surface area contributed by atoms with Crippen LogP contribution < -0.4 is 20.1 Å². The predicted octanol–water partition coefficient (Wildman–Crippen LogP) is 1.31. The van der Waals surface area contributed by atoms with Gasteiger partial charge in [0.05, 0.1) is 7.11 Å². The molecule has 0 radical (unpaired) electrons. The van der Waals surface area contributed by atoms with Gasteiger partial charge in [0.15, 0.2) is 18.1 Å². The molecule has 0 atom stereocenters. The molecule has 1 aromatic carbocycles. The molecule has 0 fully saturated rings. The molecule has 0 spiro atoms. The van der Waals surface area contributed by atoms with Crippen LogP contribution in [-0.4, -0.2) is 63.7 Å². The average molecular weight is 374 g/mol. The predicted molar refractivity (Wildman–Crippen MR) is 99.9 cm³/mol. The number of carbonyl (C=O) groups excluding carboxylic acids is 2. The van der Waals surface area contributed by atoms with Gasteiger partial charge in [-0.15, -0.1) is 12.4 Å². The van der Waals surface area contributed by atoms with E-state index in [2.05, 4.69) is 10.6 Å². The highest BCUT2D eigenvalue weighted by atomic mass is 35.5. The van der Waals surface area contributed by atoms with Crippen molar-refractivity contribution in [2.45, 2.75) is 19.9 Å². The quantitative estimate of drug-likeness (QED) is 0.682. The van der Waals surface area contributed by atoms with Crippen LogP contribution in [0.15, 0.2) is 18.2 Å². The van der Waals surface area contributed by atoms with E-state index >= 15 is 0 Å². The Balaban J connectivity index is 0.00000576. The second kappa shape index (κ2) is 11.5. The first-order valence-corrected chi connectivity index (χ1v) is 7.89. The highest BCUT2D eigenvalue weighted by Gasteiger charge is 2.15. The van der Waals surface area contributed by atoms with Gasteiger partial charge in [-0.1, -0.05) is 0 Å². The lowest BCUT2D eigenvalue weighted by atomic mass is 10.1. The fourth-order valence-corrected chi connectivity index (χ4v) is 2.03. The normalized spacial score (nSPS) is 10.0. The zero-order chi connectivity index (χ0) is 18.1. The van der Waals surface area contributed by atoms with E-state index < -0.39 is 0 Å². The molecule has 2 amide bonds. The van der Waals surface area contributed by atoms with Gasteiger partial charge in [0.25, 0.3) is 11.8 Å². The van der Waals surface area contributed by atoms with Crippen LogP contribution in [-0.2, 0) is 4.79 Å². The molecule has 1 aromatic rings. The molecule has 7 nitrogen and oxygen atoms in total. The van der Waals surface area contributed by atoms with Crippen molar-refractivity contribution in [2.24, 2.45) is 0 Å². The molecule has 8 heteroatoms. The Hall–Kier alpha value is -1.99. The molecule has 25 heavy (non-hydrogen) atoms. The number of nitrogens with one attached hydrogen (secondary N) is 2. The average Bonchev–Trinajstić information content (AvgIpc) is 2.56. The molecule has 0 aromatic heterocycles. The Bertz CT molecular complexity index is 567. The van der Waals surface area contributed by atoms with Gasteiger partial charge >= 0.3 is 0 Å². The van der Waals surface area contributed by atoms with E-state index in [-0.39, 0.29) is 36.9 Å². The largest absolute Gasteiger partial charge is 0.493 e. The first kappa shape index (κ1) is 23.0. The Kier molecular flexibility index (Phi) is 10.6. The van der Waals surface area contributed by atoms with Crippen LogP contribution in [0, 0.1) is 0 Å². The summed E-state index contributed by atoms with van der Waals surface area (Å²) in [6, 6.07) is 4.97. The second-order valence-corrected chi connectivity index (χ2v) is 5.71. The van der Waals surface area contributed by atoms with Crippen molar-refractivity contribution in [2.75, 3.05) is 40.9 Å². The molecule has 0 aliphatic carbocycles. The van der Waals surface area contributed by atoms with Gasteiger partial charge in [0, 0.05) is 31.7 Å². The van der Waals surface area contributed by atoms with Gasteiger partial charge < -0.3 is 25.0 Å². The molecule has 142 valence electrons. The highest BCUT2D eigenvalue weighted by Crippen LogP contribution is 2.28. The van der Waals surface area contributed by atoms with Gasteiger partial charge in [-0.25, -0.2) is 0 Å². The smallest absolute Gasteiger partial charge is 0.258 e. The van der Waals surface area contributed by atoms with Crippen molar-refractivity contribution < 1.29 is 19.1 Å². The minimum atomic E-state index is -0.209. The minimum Gasteiger partial charge on any atom is -0.493 e. The molecule has 0 bridgehead atoms. The van der Waals surface area contributed by atoms with Gasteiger partial charge in [-0.2, -0.15) is 0 Å². The summed E-state index contributed by atoms with van der Waals surface area (Å²) in [5.74, 6) is 0.526. The molecule has 0 saturated heterocycles. The molecule has 0 unspecified atom stereocenters. The first-order valence-electron chi connectivity index (χ1n) is 7.89. The second-order valence-electron chi connectivity index (χ2n) is 5.71. The molecule has 0 saturated carbocycles. The summed E-state index contributed by atoms with van der Waals surface area (Å²) in [5, 5.41) is 5.74. The van der Waals surface area contributed by atoms with Crippen LogP contribution in [0.5, 0.6) is 11.5 Å². The number of halogens is 1. The lowest BCUT2D eigenvalue weighted by Crippen LogP contribution is -2.34. The van der Waals surface area contributed by atoms with Crippen molar-refractivity contribution in [3.8, 4) is 11.5 Å².